The van der Waals surface area contributed by atoms with Crippen molar-refractivity contribution in [2.75, 3.05) is 33.9 Å². The lowest BCUT2D eigenvalue weighted by molar-refractivity contribution is -0.137. The highest BCUT2D eigenvalue weighted by molar-refractivity contribution is 4.78. The van der Waals surface area contributed by atoms with Crippen molar-refractivity contribution in [3.8, 4) is 0 Å². The molecule has 1 fully saturated rings. The fraction of sp³-hybridized carbons (Fsp3) is 1.00. The molecule has 0 radical (unpaired) electrons. The molecule has 0 saturated carbocycles. The largest absolute Gasteiger partial charge is 0.384 e. The highest BCUT2D eigenvalue weighted by atomic mass is 16.5. The third-order valence-corrected chi connectivity index (χ3v) is 2.11. The first-order valence-electron chi connectivity index (χ1n) is 4.13. The van der Waals surface area contributed by atoms with E-state index in [0.717, 1.165) is 26.2 Å². The van der Waals surface area contributed by atoms with Crippen LogP contribution in [0.1, 0.15) is 6.42 Å². The number of methoxy groups -OCH3 is 1. The lowest BCUT2D eigenvalue weighted by Crippen LogP contribution is -2.43. The quantitative estimate of drug-likeness (QED) is 0.624. The van der Waals surface area contributed by atoms with Gasteiger partial charge in [0, 0.05) is 13.0 Å². The van der Waals surface area contributed by atoms with E-state index >= 15 is 0 Å². The van der Waals surface area contributed by atoms with E-state index in [0.29, 0.717) is 12.0 Å². The molecule has 1 aliphatic rings. The standard InChI is InChI=1S/C8H17NO2/c1-9-4-3-8-7(5-10-2)6-11-8/h7-9H,3-6H2,1-2H3. The first-order chi connectivity index (χ1) is 5.38. The summed E-state index contributed by atoms with van der Waals surface area (Å²) in [6, 6.07) is 0. The molecule has 1 saturated heterocycles. The average molecular weight is 159 g/mol. The van der Waals surface area contributed by atoms with Crippen LogP contribution in [0.15, 0.2) is 0 Å². The molecule has 3 nitrogen and oxygen atoms in total. The van der Waals surface area contributed by atoms with Crippen LogP contribution in [0.4, 0.5) is 0 Å². The summed E-state index contributed by atoms with van der Waals surface area (Å²) in [7, 11) is 3.71. The lowest BCUT2D eigenvalue weighted by Gasteiger charge is -2.36. The van der Waals surface area contributed by atoms with Crippen molar-refractivity contribution in [1.82, 2.24) is 5.32 Å². The molecule has 0 spiro atoms. The maximum Gasteiger partial charge on any atom is 0.0659 e. The van der Waals surface area contributed by atoms with Gasteiger partial charge in [-0.25, -0.2) is 0 Å². The molecule has 0 aliphatic carbocycles. The van der Waals surface area contributed by atoms with Crippen LogP contribution in [0.25, 0.3) is 0 Å². The van der Waals surface area contributed by atoms with Crippen molar-refractivity contribution in [1.29, 1.82) is 0 Å². The van der Waals surface area contributed by atoms with Crippen LogP contribution in [0.5, 0.6) is 0 Å². The summed E-state index contributed by atoms with van der Waals surface area (Å²) in [4.78, 5) is 0. The third-order valence-electron chi connectivity index (χ3n) is 2.11. The fourth-order valence-electron chi connectivity index (χ4n) is 1.34. The second-order valence-corrected chi connectivity index (χ2v) is 2.98. The summed E-state index contributed by atoms with van der Waals surface area (Å²) in [6.07, 6.45) is 1.53. The van der Waals surface area contributed by atoms with E-state index in [1.807, 2.05) is 7.05 Å². The second-order valence-electron chi connectivity index (χ2n) is 2.98. The number of hydrogen-bond acceptors (Lipinski definition) is 3. The van der Waals surface area contributed by atoms with Crippen molar-refractivity contribution >= 4 is 0 Å². The second kappa shape index (κ2) is 4.70. The van der Waals surface area contributed by atoms with Gasteiger partial charge in [0.1, 0.15) is 0 Å². The Labute approximate surface area is 68.1 Å². The molecule has 2 atom stereocenters. The topological polar surface area (TPSA) is 30.5 Å². The van der Waals surface area contributed by atoms with Crippen LogP contribution in [0.2, 0.25) is 0 Å². The van der Waals surface area contributed by atoms with Crippen molar-refractivity contribution in [2.24, 2.45) is 5.92 Å². The van der Waals surface area contributed by atoms with Gasteiger partial charge in [-0.1, -0.05) is 0 Å². The molecule has 3 heteroatoms. The molecule has 1 aliphatic heterocycles. The number of hydrogen-bond donors (Lipinski definition) is 1. The Morgan fingerprint density at radius 1 is 1.64 bits per heavy atom. The van der Waals surface area contributed by atoms with Crippen molar-refractivity contribution in [3.05, 3.63) is 0 Å². The molecule has 0 aromatic carbocycles. The van der Waals surface area contributed by atoms with Gasteiger partial charge in [-0.3, -0.25) is 0 Å². The minimum absolute atomic E-state index is 0.433. The van der Waals surface area contributed by atoms with Crippen LogP contribution in [-0.4, -0.2) is 40.0 Å². The summed E-state index contributed by atoms with van der Waals surface area (Å²) in [5, 5.41) is 3.11. The summed E-state index contributed by atoms with van der Waals surface area (Å²) in [5.41, 5.74) is 0. The van der Waals surface area contributed by atoms with E-state index in [9.17, 15) is 0 Å². The number of rotatable bonds is 5. The first kappa shape index (κ1) is 8.97. The van der Waals surface area contributed by atoms with Crippen LogP contribution >= 0.6 is 0 Å². The molecular weight excluding hydrogens is 142 g/mol. The molecule has 0 aromatic heterocycles. The van der Waals surface area contributed by atoms with E-state index in [4.69, 9.17) is 9.47 Å². The van der Waals surface area contributed by atoms with Gasteiger partial charge < -0.3 is 14.8 Å². The summed E-state index contributed by atoms with van der Waals surface area (Å²) in [6.45, 7) is 2.75. The molecule has 1 rings (SSSR count). The average Bonchev–Trinajstić information content (AvgIpc) is 1.99. The minimum atomic E-state index is 0.433. The smallest absolute Gasteiger partial charge is 0.0659 e. The molecule has 1 heterocycles. The van der Waals surface area contributed by atoms with Gasteiger partial charge in [0.2, 0.25) is 0 Å². The Kier molecular flexibility index (Phi) is 3.83. The van der Waals surface area contributed by atoms with Gasteiger partial charge in [0.15, 0.2) is 0 Å². The molecule has 1 N–H and O–H groups in total. The van der Waals surface area contributed by atoms with Crippen LogP contribution in [0.3, 0.4) is 0 Å². The van der Waals surface area contributed by atoms with E-state index in [1.165, 1.54) is 0 Å². The Morgan fingerprint density at radius 2 is 2.45 bits per heavy atom. The molecule has 0 amide bonds. The summed E-state index contributed by atoms with van der Waals surface area (Å²) < 4.78 is 10.4. The number of nitrogens with one attached hydrogen (secondary N) is 1. The monoisotopic (exact) mass is 159 g/mol. The van der Waals surface area contributed by atoms with E-state index < -0.39 is 0 Å². The Hall–Kier alpha value is -0.120. The molecule has 11 heavy (non-hydrogen) atoms. The Bertz CT molecular complexity index is 108. The Morgan fingerprint density at radius 3 is 2.91 bits per heavy atom. The maximum absolute atomic E-state index is 5.38. The van der Waals surface area contributed by atoms with E-state index in [2.05, 4.69) is 5.32 Å². The maximum atomic E-state index is 5.38. The van der Waals surface area contributed by atoms with Gasteiger partial charge in [0.25, 0.3) is 0 Å². The van der Waals surface area contributed by atoms with Gasteiger partial charge in [-0.2, -0.15) is 0 Å². The fourth-order valence-corrected chi connectivity index (χ4v) is 1.34. The van der Waals surface area contributed by atoms with Gasteiger partial charge in [0.05, 0.1) is 19.3 Å². The summed E-state index contributed by atoms with van der Waals surface area (Å²) in [5.74, 6) is 0.633. The zero-order chi connectivity index (χ0) is 8.10. The molecular formula is C8H17NO2. The normalized spacial score (nSPS) is 30.0. The lowest BCUT2D eigenvalue weighted by atomic mass is 9.96. The van der Waals surface area contributed by atoms with E-state index in [1.54, 1.807) is 7.11 Å². The van der Waals surface area contributed by atoms with Gasteiger partial charge in [-0.05, 0) is 20.0 Å². The van der Waals surface area contributed by atoms with Crippen LogP contribution in [-0.2, 0) is 9.47 Å². The third kappa shape index (κ3) is 2.43. The highest BCUT2D eigenvalue weighted by Crippen LogP contribution is 2.22. The zero-order valence-corrected chi connectivity index (χ0v) is 7.30. The van der Waals surface area contributed by atoms with Gasteiger partial charge >= 0.3 is 0 Å². The highest BCUT2D eigenvalue weighted by Gasteiger charge is 2.30. The predicted octanol–water partition coefficient (Wildman–Crippen LogP) is 0.257. The Balaban J connectivity index is 2.05. The first-order valence-corrected chi connectivity index (χ1v) is 4.13. The number of ether oxygens (including phenoxy) is 2. The molecule has 0 bridgehead atoms. The molecule has 0 aromatic rings. The summed E-state index contributed by atoms with van der Waals surface area (Å²) >= 11 is 0. The van der Waals surface area contributed by atoms with Crippen LogP contribution < -0.4 is 5.32 Å². The van der Waals surface area contributed by atoms with Crippen molar-refractivity contribution < 1.29 is 9.47 Å². The SMILES string of the molecule is CNCCC1OCC1COC. The minimum Gasteiger partial charge on any atom is -0.384 e. The predicted molar refractivity (Wildman–Crippen MR) is 43.6 cm³/mol. The molecule has 2 unspecified atom stereocenters. The van der Waals surface area contributed by atoms with Crippen molar-refractivity contribution in [3.63, 3.8) is 0 Å². The van der Waals surface area contributed by atoms with Crippen molar-refractivity contribution in [2.45, 2.75) is 12.5 Å². The van der Waals surface area contributed by atoms with E-state index in [-0.39, 0.29) is 0 Å². The van der Waals surface area contributed by atoms with Gasteiger partial charge in [-0.15, -0.1) is 0 Å². The zero-order valence-electron chi connectivity index (χ0n) is 7.30. The molecule has 66 valence electrons. The van der Waals surface area contributed by atoms with Crippen LogP contribution in [0, 0.1) is 5.92 Å².